The van der Waals surface area contributed by atoms with Crippen molar-refractivity contribution in [2.75, 3.05) is 0 Å². The van der Waals surface area contributed by atoms with E-state index in [9.17, 15) is 0 Å². The predicted molar refractivity (Wildman–Crippen MR) is 212 cm³/mol. The second-order valence-corrected chi connectivity index (χ2v) is 14.0. The summed E-state index contributed by atoms with van der Waals surface area (Å²) in [5, 5.41) is 7.95. The highest BCUT2D eigenvalue weighted by Gasteiger charge is 2.38. The summed E-state index contributed by atoms with van der Waals surface area (Å²) in [5.41, 5.74) is 10.5. The summed E-state index contributed by atoms with van der Waals surface area (Å²) >= 11 is 0. The normalized spacial score (nSPS) is 13.1. The minimum absolute atomic E-state index is 0.183. The lowest BCUT2D eigenvalue weighted by atomic mass is 9.78. The Bertz CT molecular complexity index is 2710. The quantitative estimate of drug-likeness (QED) is 0.178. The van der Waals surface area contributed by atoms with Crippen LogP contribution in [0.2, 0.25) is 0 Å². The van der Waals surface area contributed by atoms with Gasteiger partial charge in [-0.15, -0.1) is 0 Å². The average Bonchev–Trinajstić information content (AvgIpc) is 3.43. The molecule has 0 spiro atoms. The Balaban J connectivity index is 1.07. The largest absolute Gasteiger partial charge is 0.208 e. The molecule has 0 atom stereocenters. The zero-order valence-corrected chi connectivity index (χ0v) is 28.4. The lowest BCUT2D eigenvalue weighted by molar-refractivity contribution is 0.667. The molecule has 0 N–H and O–H groups in total. The van der Waals surface area contributed by atoms with E-state index in [-0.39, 0.29) is 5.41 Å². The van der Waals surface area contributed by atoms with Crippen LogP contribution in [0.5, 0.6) is 0 Å². The van der Waals surface area contributed by atoms with Gasteiger partial charge in [-0.3, -0.25) is 0 Å². The fraction of sp³-hybridized carbons (Fsp3) is 0.0625. The number of rotatable bonds is 4. The summed E-state index contributed by atoms with van der Waals surface area (Å²) in [5.74, 6) is 1.99. The molecule has 1 aliphatic carbocycles. The molecule has 0 unspecified atom stereocenters. The molecule has 1 heterocycles. The third-order valence-corrected chi connectivity index (χ3v) is 10.7. The van der Waals surface area contributed by atoms with E-state index in [0.29, 0.717) is 17.5 Å². The van der Waals surface area contributed by atoms with E-state index in [1.807, 2.05) is 60.7 Å². The number of aromatic nitrogens is 3. The lowest BCUT2D eigenvalue weighted by Gasteiger charge is -2.25. The fourth-order valence-electron chi connectivity index (χ4n) is 8.23. The van der Waals surface area contributed by atoms with Crippen molar-refractivity contribution in [2.24, 2.45) is 0 Å². The molecule has 0 amide bonds. The van der Waals surface area contributed by atoms with Crippen LogP contribution in [-0.4, -0.2) is 15.0 Å². The second kappa shape index (κ2) is 11.3. The molecule has 3 nitrogen and oxygen atoms in total. The van der Waals surface area contributed by atoms with E-state index in [1.165, 1.54) is 60.1 Å². The first kappa shape index (κ1) is 29.5. The van der Waals surface area contributed by atoms with Crippen molar-refractivity contribution >= 4 is 32.3 Å². The Morgan fingerprint density at radius 2 is 0.765 bits per heavy atom. The number of hydrogen-bond acceptors (Lipinski definition) is 3. The van der Waals surface area contributed by atoms with Crippen LogP contribution in [0.15, 0.2) is 164 Å². The summed E-state index contributed by atoms with van der Waals surface area (Å²) in [4.78, 5) is 14.7. The molecule has 0 fully saturated rings. The summed E-state index contributed by atoms with van der Waals surface area (Å²) in [6.07, 6.45) is 0. The zero-order chi connectivity index (χ0) is 34.1. The summed E-state index contributed by atoms with van der Waals surface area (Å²) in [6, 6.07) is 58.3. The van der Waals surface area contributed by atoms with Crippen molar-refractivity contribution in [1.29, 1.82) is 0 Å². The van der Waals surface area contributed by atoms with Crippen LogP contribution in [0.25, 0.3) is 88.7 Å². The fourth-order valence-corrected chi connectivity index (χ4v) is 8.23. The van der Waals surface area contributed by atoms with E-state index in [1.54, 1.807) is 0 Å². The highest BCUT2D eigenvalue weighted by atomic mass is 15.0. The van der Waals surface area contributed by atoms with Crippen molar-refractivity contribution in [1.82, 2.24) is 15.0 Å². The molecule has 8 aromatic carbocycles. The van der Waals surface area contributed by atoms with Gasteiger partial charge in [-0.25, -0.2) is 15.0 Å². The SMILES string of the molecule is CC1(C)c2cc(-c3ccc(-c4nc(-c5ccccc5)nc(-c5ccccc5)n4)cc3)ccc2-c2ccc3c4ccccc4c4ccccc4c3c21. The van der Waals surface area contributed by atoms with Crippen LogP contribution < -0.4 is 0 Å². The first-order chi connectivity index (χ1) is 25.0. The highest BCUT2D eigenvalue weighted by molar-refractivity contribution is 6.27. The van der Waals surface area contributed by atoms with Gasteiger partial charge in [0.05, 0.1) is 0 Å². The molecule has 1 aliphatic rings. The van der Waals surface area contributed by atoms with Gasteiger partial charge in [0, 0.05) is 22.1 Å². The maximum absolute atomic E-state index is 4.93. The van der Waals surface area contributed by atoms with Crippen LogP contribution in [-0.2, 0) is 5.41 Å². The molecule has 3 heteroatoms. The van der Waals surface area contributed by atoms with Crippen molar-refractivity contribution < 1.29 is 0 Å². The summed E-state index contributed by atoms with van der Waals surface area (Å²) in [6.45, 7) is 4.78. The van der Waals surface area contributed by atoms with Gasteiger partial charge in [-0.05, 0) is 71.8 Å². The standard InChI is InChI=1S/C48H33N3/c1-48(2)42-29-34(25-26-38(42)41-28-27-40-37-19-10-9-17-35(37)36-18-11-12-20-39(36)43(40)44(41)48)30-21-23-33(24-22-30)47-50-45(31-13-5-3-6-14-31)49-46(51-47)32-15-7-4-8-16-32/h3-29H,1-2H3. The Morgan fingerprint density at radius 3 is 1.33 bits per heavy atom. The molecule has 0 radical (unpaired) electrons. The molecular weight excluding hydrogens is 619 g/mol. The topological polar surface area (TPSA) is 38.7 Å². The molecule has 0 saturated carbocycles. The Kier molecular flexibility index (Phi) is 6.53. The second-order valence-electron chi connectivity index (χ2n) is 14.0. The smallest absolute Gasteiger partial charge is 0.164 e. The van der Waals surface area contributed by atoms with Crippen molar-refractivity contribution in [3.8, 4) is 56.4 Å². The lowest BCUT2D eigenvalue weighted by Crippen LogP contribution is -2.15. The van der Waals surface area contributed by atoms with Crippen LogP contribution in [0.1, 0.15) is 25.0 Å². The first-order valence-electron chi connectivity index (χ1n) is 17.5. The minimum atomic E-state index is -0.183. The Morgan fingerprint density at radius 1 is 0.353 bits per heavy atom. The molecule has 0 aliphatic heterocycles. The van der Waals surface area contributed by atoms with Gasteiger partial charge in [0.2, 0.25) is 0 Å². The Hall–Kier alpha value is -6.45. The Labute approximate surface area is 297 Å². The summed E-state index contributed by atoms with van der Waals surface area (Å²) in [7, 11) is 0. The van der Waals surface area contributed by atoms with E-state index in [2.05, 4.69) is 117 Å². The maximum Gasteiger partial charge on any atom is 0.164 e. The molecule has 1 aromatic heterocycles. The van der Waals surface area contributed by atoms with Crippen LogP contribution in [0.4, 0.5) is 0 Å². The molecule has 0 saturated heterocycles. The van der Waals surface area contributed by atoms with Gasteiger partial charge in [0.1, 0.15) is 0 Å². The molecule has 10 rings (SSSR count). The number of fused-ring (bicyclic) bond motifs is 10. The predicted octanol–water partition coefficient (Wildman–Crippen LogP) is 12.3. The number of hydrogen-bond donors (Lipinski definition) is 0. The van der Waals surface area contributed by atoms with Gasteiger partial charge in [-0.2, -0.15) is 0 Å². The van der Waals surface area contributed by atoms with Gasteiger partial charge >= 0.3 is 0 Å². The van der Waals surface area contributed by atoms with Crippen molar-refractivity contribution in [3.05, 3.63) is 175 Å². The third kappa shape index (κ3) is 4.62. The van der Waals surface area contributed by atoms with Gasteiger partial charge < -0.3 is 0 Å². The monoisotopic (exact) mass is 651 g/mol. The van der Waals surface area contributed by atoms with Crippen LogP contribution >= 0.6 is 0 Å². The van der Waals surface area contributed by atoms with Gasteiger partial charge in [0.25, 0.3) is 0 Å². The van der Waals surface area contributed by atoms with Gasteiger partial charge in [0.15, 0.2) is 17.5 Å². The maximum atomic E-state index is 4.93. The molecule has 240 valence electrons. The van der Waals surface area contributed by atoms with E-state index >= 15 is 0 Å². The van der Waals surface area contributed by atoms with Crippen molar-refractivity contribution in [3.63, 3.8) is 0 Å². The van der Waals surface area contributed by atoms with Crippen molar-refractivity contribution in [2.45, 2.75) is 19.3 Å². The van der Waals surface area contributed by atoms with E-state index in [0.717, 1.165) is 22.3 Å². The highest BCUT2D eigenvalue weighted by Crippen LogP contribution is 2.54. The van der Waals surface area contributed by atoms with Gasteiger partial charge in [-0.1, -0.05) is 172 Å². The zero-order valence-electron chi connectivity index (χ0n) is 28.4. The third-order valence-electron chi connectivity index (χ3n) is 10.7. The molecule has 9 aromatic rings. The summed E-state index contributed by atoms with van der Waals surface area (Å²) < 4.78 is 0. The molecular formula is C48H33N3. The average molecular weight is 652 g/mol. The molecule has 51 heavy (non-hydrogen) atoms. The van der Waals surface area contributed by atoms with Crippen LogP contribution in [0, 0.1) is 0 Å². The number of benzene rings is 8. The first-order valence-corrected chi connectivity index (χ1v) is 17.5. The number of nitrogens with zero attached hydrogens (tertiary/aromatic N) is 3. The van der Waals surface area contributed by atoms with E-state index < -0.39 is 0 Å². The molecule has 0 bridgehead atoms. The van der Waals surface area contributed by atoms with E-state index in [4.69, 9.17) is 15.0 Å². The minimum Gasteiger partial charge on any atom is -0.208 e. The van der Waals surface area contributed by atoms with Crippen LogP contribution in [0.3, 0.4) is 0 Å².